The van der Waals surface area contributed by atoms with Crippen LogP contribution in [0, 0.1) is 0 Å². The van der Waals surface area contributed by atoms with Crippen molar-refractivity contribution in [3.63, 3.8) is 0 Å². The van der Waals surface area contributed by atoms with E-state index in [2.05, 4.69) is 10.2 Å². The van der Waals surface area contributed by atoms with Crippen LogP contribution >= 0.6 is 11.6 Å². The van der Waals surface area contributed by atoms with Gasteiger partial charge in [-0.2, -0.15) is 0 Å². The third-order valence-electron chi connectivity index (χ3n) is 6.30. The van der Waals surface area contributed by atoms with Crippen molar-refractivity contribution in [2.75, 3.05) is 25.0 Å². The normalized spacial score (nSPS) is 19.3. The highest BCUT2D eigenvalue weighted by atomic mass is 35.5. The molecule has 0 saturated carbocycles. The van der Waals surface area contributed by atoms with Crippen LogP contribution in [0.1, 0.15) is 18.4 Å². The molecule has 1 aliphatic carbocycles. The Bertz CT molecular complexity index is 1240. The predicted molar refractivity (Wildman–Crippen MR) is 138 cm³/mol. The number of allylic oxidation sites excluding steroid dienone is 1. The van der Waals surface area contributed by atoms with Crippen molar-refractivity contribution >= 4 is 29.1 Å². The molecule has 1 saturated heterocycles. The molecule has 2 aromatic rings. The van der Waals surface area contributed by atoms with Crippen molar-refractivity contribution < 1.29 is 29.7 Å². The van der Waals surface area contributed by atoms with Crippen LogP contribution in [0.15, 0.2) is 84.2 Å². The second-order valence-electron chi connectivity index (χ2n) is 8.95. The minimum absolute atomic E-state index is 0.183. The minimum Gasteiger partial charge on any atom is -0.456 e. The number of anilines is 1. The second kappa shape index (κ2) is 11.7. The SMILES string of the molecule is O=C(NO)C(=O)Nc1ccc(OC2=CC(CN3CCC(O)(c4ccccc4)CC3)=CC(O)C=C2)c(Cl)c1. The van der Waals surface area contributed by atoms with E-state index in [4.69, 9.17) is 21.5 Å². The number of ether oxygens (including phenoxy) is 1. The number of carbonyl (C=O) groups excluding carboxylic acids is 2. The number of hydroxylamine groups is 1. The number of aliphatic hydroxyl groups is 2. The number of aliphatic hydroxyl groups excluding tert-OH is 1. The van der Waals surface area contributed by atoms with Crippen LogP contribution < -0.4 is 15.5 Å². The van der Waals surface area contributed by atoms with Crippen molar-refractivity contribution in [1.82, 2.24) is 10.4 Å². The highest BCUT2D eigenvalue weighted by Gasteiger charge is 2.33. The molecule has 194 valence electrons. The summed E-state index contributed by atoms with van der Waals surface area (Å²) in [6, 6.07) is 14.1. The van der Waals surface area contributed by atoms with Crippen LogP contribution in [0.5, 0.6) is 5.75 Å². The van der Waals surface area contributed by atoms with Crippen LogP contribution in [0.2, 0.25) is 5.02 Å². The van der Waals surface area contributed by atoms with Crippen molar-refractivity contribution in [2.24, 2.45) is 0 Å². The van der Waals surface area contributed by atoms with Crippen LogP contribution in [-0.4, -0.2) is 57.9 Å². The molecule has 2 aromatic carbocycles. The van der Waals surface area contributed by atoms with Gasteiger partial charge in [-0.3, -0.25) is 19.7 Å². The van der Waals surface area contributed by atoms with E-state index in [1.807, 2.05) is 36.4 Å². The zero-order chi connectivity index (χ0) is 26.4. The van der Waals surface area contributed by atoms with E-state index < -0.39 is 23.5 Å². The van der Waals surface area contributed by atoms with Gasteiger partial charge in [-0.25, -0.2) is 5.48 Å². The first-order valence-corrected chi connectivity index (χ1v) is 12.2. The first kappa shape index (κ1) is 26.6. The van der Waals surface area contributed by atoms with E-state index in [-0.39, 0.29) is 10.7 Å². The fourth-order valence-corrected chi connectivity index (χ4v) is 4.53. The lowest BCUT2D eigenvalue weighted by molar-refractivity contribution is -0.141. The topological polar surface area (TPSA) is 131 Å². The second-order valence-corrected chi connectivity index (χ2v) is 9.36. The lowest BCUT2D eigenvalue weighted by Crippen LogP contribution is -2.43. The first-order valence-electron chi connectivity index (χ1n) is 11.8. The average molecular weight is 526 g/mol. The molecule has 2 amide bonds. The number of nitrogens with zero attached hydrogens (tertiary/aromatic N) is 1. The molecule has 5 N–H and O–H groups in total. The fourth-order valence-electron chi connectivity index (χ4n) is 4.31. The Hall–Kier alpha value is -3.47. The summed E-state index contributed by atoms with van der Waals surface area (Å²) < 4.78 is 5.95. The summed E-state index contributed by atoms with van der Waals surface area (Å²) >= 11 is 6.31. The molecule has 1 unspecified atom stereocenters. The quantitative estimate of drug-likeness (QED) is 0.222. The summed E-state index contributed by atoms with van der Waals surface area (Å²) in [7, 11) is 0. The molecule has 1 atom stereocenters. The monoisotopic (exact) mass is 525 g/mol. The Morgan fingerprint density at radius 1 is 1.11 bits per heavy atom. The van der Waals surface area contributed by atoms with Gasteiger partial charge in [0.25, 0.3) is 0 Å². The van der Waals surface area contributed by atoms with E-state index in [9.17, 15) is 19.8 Å². The van der Waals surface area contributed by atoms with Gasteiger partial charge in [-0.05, 0) is 66.5 Å². The van der Waals surface area contributed by atoms with Gasteiger partial charge in [0.2, 0.25) is 0 Å². The van der Waals surface area contributed by atoms with Crippen molar-refractivity contribution in [3.8, 4) is 5.75 Å². The summed E-state index contributed by atoms with van der Waals surface area (Å²) in [5, 5.41) is 32.5. The molecular weight excluding hydrogens is 498 g/mol. The van der Waals surface area contributed by atoms with Gasteiger partial charge in [-0.1, -0.05) is 41.9 Å². The molecular formula is C27H28ClN3O6. The zero-order valence-electron chi connectivity index (χ0n) is 19.9. The summed E-state index contributed by atoms with van der Waals surface area (Å²) in [6.45, 7) is 1.97. The largest absolute Gasteiger partial charge is 0.456 e. The van der Waals surface area contributed by atoms with Gasteiger partial charge >= 0.3 is 11.8 Å². The Morgan fingerprint density at radius 2 is 1.84 bits per heavy atom. The van der Waals surface area contributed by atoms with E-state index >= 15 is 0 Å². The number of carbonyl (C=O) groups is 2. The number of nitrogens with one attached hydrogen (secondary N) is 2. The maximum atomic E-state index is 11.6. The number of rotatable bonds is 6. The number of hydrogen-bond acceptors (Lipinski definition) is 7. The van der Waals surface area contributed by atoms with Crippen LogP contribution in [0.4, 0.5) is 5.69 Å². The molecule has 1 aliphatic heterocycles. The van der Waals surface area contributed by atoms with Gasteiger partial charge in [0, 0.05) is 25.3 Å². The molecule has 0 radical (unpaired) electrons. The van der Waals surface area contributed by atoms with Crippen LogP contribution in [0.3, 0.4) is 0 Å². The molecule has 37 heavy (non-hydrogen) atoms. The third-order valence-corrected chi connectivity index (χ3v) is 6.59. The summed E-state index contributed by atoms with van der Waals surface area (Å²) in [5.74, 6) is -1.49. The predicted octanol–water partition coefficient (Wildman–Crippen LogP) is 2.89. The lowest BCUT2D eigenvalue weighted by Gasteiger charge is -2.38. The highest BCUT2D eigenvalue weighted by Crippen LogP contribution is 2.33. The van der Waals surface area contributed by atoms with Crippen LogP contribution in [-0.2, 0) is 15.2 Å². The maximum Gasteiger partial charge on any atom is 0.332 e. The summed E-state index contributed by atoms with van der Waals surface area (Å²) in [4.78, 5) is 25.0. The molecule has 9 nitrogen and oxygen atoms in total. The molecule has 2 aliphatic rings. The lowest BCUT2D eigenvalue weighted by atomic mass is 9.84. The smallest absolute Gasteiger partial charge is 0.332 e. The van der Waals surface area contributed by atoms with Crippen LogP contribution in [0.25, 0.3) is 0 Å². The van der Waals surface area contributed by atoms with Crippen molar-refractivity contribution in [3.05, 3.63) is 94.8 Å². The molecule has 1 heterocycles. The average Bonchev–Trinajstić information content (AvgIpc) is 3.07. The van der Waals surface area contributed by atoms with Gasteiger partial charge < -0.3 is 20.3 Å². The van der Waals surface area contributed by atoms with Gasteiger partial charge in [-0.15, -0.1) is 0 Å². The highest BCUT2D eigenvalue weighted by molar-refractivity contribution is 6.39. The number of benzene rings is 2. The van der Waals surface area contributed by atoms with Gasteiger partial charge in [0.15, 0.2) is 0 Å². The fraction of sp³-hybridized carbons (Fsp3) is 0.259. The standard InChI is InChI=1S/C27H28ClN3O6/c28-23-16-20(29-25(33)26(34)30-36)6-9-24(23)37-22-8-7-21(32)14-18(15-22)17-31-12-10-27(35,11-13-31)19-4-2-1-3-5-19/h1-9,14-16,21,32,35-36H,10-13,17H2,(H,29,33)(H,30,34). The zero-order valence-corrected chi connectivity index (χ0v) is 20.7. The molecule has 0 spiro atoms. The number of likely N-dealkylation sites (tertiary alicyclic amines) is 1. The van der Waals surface area contributed by atoms with E-state index in [1.165, 1.54) is 23.7 Å². The van der Waals surface area contributed by atoms with E-state index in [1.54, 1.807) is 18.2 Å². The Kier molecular flexibility index (Phi) is 8.42. The Labute approximate surface area is 219 Å². The molecule has 10 heteroatoms. The minimum atomic E-state index is -1.21. The maximum absolute atomic E-state index is 11.6. The van der Waals surface area contributed by atoms with Crippen molar-refractivity contribution in [2.45, 2.75) is 24.5 Å². The molecule has 1 fully saturated rings. The van der Waals surface area contributed by atoms with Gasteiger partial charge in [0.1, 0.15) is 11.5 Å². The van der Waals surface area contributed by atoms with E-state index in [0.29, 0.717) is 44.0 Å². The molecule has 4 rings (SSSR count). The number of amides is 2. The molecule has 0 aromatic heterocycles. The number of hydrogen-bond donors (Lipinski definition) is 5. The molecule has 0 bridgehead atoms. The number of halogens is 1. The van der Waals surface area contributed by atoms with E-state index in [0.717, 1.165) is 11.1 Å². The Balaban J connectivity index is 1.40. The van der Waals surface area contributed by atoms with Gasteiger partial charge in [0.05, 0.1) is 16.7 Å². The summed E-state index contributed by atoms with van der Waals surface area (Å²) in [5.41, 5.74) is 2.44. The number of piperidine rings is 1. The van der Waals surface area contributed by atoms with Crippen molar-refractivity contribution in [1.29, 1.82) is 0 Å². The first-order chi connectivity index (χ1) is 17.8. The Morgan fingerprint density at radius 3 is 2.51 bits per heavy atom. The third kappa shape index (κ3) is 6.85. The summed E-state index contributed by atoms with van der Waals surface area (Å²) in [6.07, 6.45) is 7.24.